The molecule has 0 spiro atoms. The van der Waals surface area contributed by atoms with Crippen LogP contribution in [0.3, 0.4) is 0 Å². The molecule has 1 aromatic carbocycles. The average molecular weight is 514 g/mol. The highest BCUT2D eigenvalue weighted by atomic mass is 127. The van der Waals surface area contributed by atoms with Crippen LogP contribution < -0.4 is 15.4 Å². The second-order valence-electron chi connectivity index (χ2n) is 6.08. The minimum Gasteiger partial charge on any atom is -0.487 e. The summed E-state index contributed by atoms with van der Waals surface area (Å²) in [5.41, 5.74) is 2.04. The van der Waals surface area contributed by atoms with Crippen LogP contribution in [0, 0.1) is 0 Å². The summed E-state index contributed by atoms with van der Waals surface area (Å²) in [7, 11) is 0. The van der Waals surface area contributed by atoms with E-state index in [-0.39, 0.29) is 24.0 Å². The molecule has 0 saturated carbocycles. The van der Waals surface area contributed by atoms with Gasteiger partial charge in [-0.2, -0.15) is 11.8 Å². The van der Waals surface area contributed by atoms with Crippen molar-refractivity contribution >= 4 is 41.7 Å². The van der Waals surface area contributed by atoms with Crippen molar-refractivity contribution in [2.24, 2.45) is 4.99 Å². The van der Waals surface area contributed by atoms with Crippen LogP contribution in [0.1, 0.15) is 31.0 Å². The number of rotatable bonds is 11. The number of guanidine groups is 1. The summed E-state index contributed by atoms with van der Waals surface area (Å²) in [5.74, 6) is 2.91. The maximum Gasteiger partial charge on any atom is 0.191 e. The Labute approximate surface area is 190 Å². The van der Waals surface area contributed by atoms with Gasteiger partial charge in [0.1, 0.15) is 12.4 Å². The summed E-state index contributed by atoms with van der Waals surface area (Å²) in [4.78, 5) is 8.96. The van der Waals surface area contributed by atoms with Gasteiger partial charge in [0.25, 0.3) is 0 Å². The molecule has 1 heterocycles. The van der Waals surface area contributed by atoms with E-state index in [0.717, 1.165) is 42.5 Å². The molecule has 2 N–H and O–H groups in total. The molecular formula is C21H31IN4OS. The summed E-state index contributed by atoms with van der Waals surface area (Å²) in [5, 5.41) is 6.70. The lowest BCUT2D eigenvalue weighted by Crippen LogP contribution is -2.37. The molecule has 0 saturated heterocycles. The summed E-state index contributed by atoms with van der Waals surface area (Å²) in [6, 6.07) is 13.9. The highest BCUT2D eigenvalue weighted by Crippen LogP contribution is 2.15. The molecule has 2 rings (SSSR count). The van der Waals surface area contributed by atoms with Crippen LogP contribution in [-0.2, 0) is 13.2 Å². The van der Waals surface area contributed by atoms with E-state index in [1.54, 1.807) is 6.20 Å². The molecule has 0 bridgehead atoms. The van der Waals surface area contributed by atoms with Crippen LogP contribution in [-0.4, -0.2) is 36.0 Å². The molecule has 0 aliphatic carbocycles. The first kappa shape index (κ1) is 24.6. The van der Waals surface area contributed by atoms with Crippen molar-refractivity contribution in [3.05, 3.63) is 59.9 Å². The lowest BCUT2D eigenvalue weighted by molar-refractivity contribution is 0.301. The molecule has 28 heavy (non-hydrogen) atoms. The average Bonchev–Trinajstić information content (AvgIpc) is 2.71. The fraction of sp³-hybridized carbons (Fsp3) is 0.429. The van der Waals surface area contributed by atoms with Crippen LogP contribution in [0.2, 0.25) is 0 Å². The van der Waals surface area contributed by atoms with E-state index in [0.29, 0.717) is 13.2 Å². The third-order valence-corrected chi connectivity index (χ3v) is 4.54. The van der Waals surface area contributed by atoms with Gasteiger partial charge in [-0.15, -0.1) is 24.0 Å². The van der Waals surface area contributed by atoms with Crippen LogP contribution in [0.15, 0.2) is 53.7 Å². The molecule has 0 fully saturated rings. The van der Waals surface area contributed by atoms with E-state index in [1.165, 1.54) is 12.2 Å². The summed E-state index contributed by atoms with van der Waals surface area (Å²) >= 11 is 1.89. The highest BCUT2D eigenvalue weighted by molar-refractivity contribution is 14.0. The van der Waals surface area contributed by atoms with Crippen molar-refractivity contribution in [3.8, 4) is 5.75 Å². The largest absolute Gasteiger partial charge is 0.487 e. The Hall–Kier alpha value is -1.48. The fourth-order valence-electron chi connectivity index (χ4n) is 2.46. The summed E-state index contributed by atoms with van der Waals surface area (Å²) < 4.78 is 5.85. The molecule has 2 aromatic rings. The number of nitrogens with zero attached hydrogens (tertiary/aromatic N) is 2. The smallest absolute Gasteiger partial charge is 0.191 e. The molecule has 1 aromatic heterocycles. The van der Waals surface area contributed by atoms with E-state index < -0.39 is 0 Å². The Balaban J connectivity index is 0.00000392. The molecule has 0 radical (unpaired) electrons. The van der Waals surface area contributed by atoms with Crippen LogP contribution in [0.4, 0.5) is 0 Å². The molecule has 0 atom stereocenters. The number of halogens is 1. The fourth-order valence-corrected chi connectivity index (χ4v) is 2.96. The second kappa shape index (κ2) is 15.4. The van der Waals surface area contributed by atoms with Gasteiger partial charge in [-0.3, -0.25) is 4.98 Å². The van der Waals surface area contributed by atoms with E-state index in [2.05, 4.69) is 39.9 Å². The molecule has 0 amide bonds. The second-order valence-corrected chi connectivity index (χ2v) is 7.06. The Morgan fingerprint density at radius 1 is 1.14 bits per heavy atom. The predicted octanol–water partition coefficient (Wildman–Crippen LogP) is 4.48. The Morgan fingerprint density at radius 3 is 2.79 bits per heavy atom. The van der Waals surface area contributed by atoms with Crippen molar-refractivity contribution in [3.63, 3.8) is 0 Å². The molecule has 0 unspecified atom stereocenters. The predicted molar refractivity (Wildman–Crippen MR) is 131 cm³/mol. The number of hydrogen-bond donors (Lipinski definition) is 2. The van der Waals surface area contributed by atoms with Crippen LogP contribution >= 0.6 is 35.7 Å². The zero-order chi connectivity index (χ0) is 19.2. The Kier molecular flexibility index (Phi) is 13.5. The van der Waals surface area contributed by atoms with Crippen molar-refractivity contribution in [1.29, 1.82) is 0 Å². The minimum atomic E-state index is 0. The first-order valence-electron chi connectivity index (χ1n) is 9.44. The molecule has 7 heteroatoms. The lowest BCUT2D eigenvalue weighted by atomic mass is 10.2. The van der Waals surface area contributed by atoms with Gasteiger partial charge in [0.15, 0.2) is 5.96 Å². The van der Waals surface area contributed by atoms with Gasteiger partial charge in [0.05, 0.1) is 12.2 Å². The van der Waals surface area contributed by atoms with Gasteiger partial charge in [0.2, 0.25) is 0 Å². The topological polar surface area (TPSA) is 58.5 Å². The number of pyridine rings is 1. The maximum absolute atomic E-state index is 5.85. The van der Waals surface area contributed by atoms with Gasteiger partial charge in [-0.05, 0) is 61.6 Å². The van der Waals surface area contributed by atoms with Crippen molar-refractivity contribution in [1.82, 2.24) is 15.6 Å². The number of thioether (sulfide) groups is 1. The van der Waals surface area contributed by atoms with Gasteiger partial charge >= 0.3 is 0 Å². The first-order valence-corrected chi connectivity index (χ1v) is 10.8. The van der Waals surface area contributed by atoms with Crippen molar-refractivity contribution in [2.75, 3.05) is 25.1 Å². The zero-order valence-corrected chi connectivity index (χ0v) is 19.8. The quantitative estimate of drug-likeness (QED) is 0.201. The van der Waals surface area contributed by atoms with E-state index in [9.17, 15) is 0 Å². The van der Waals surface area contributed by atoms with E-state index >= 15 is 0 Å². The number of unbranched alkanes of at least 4 members (excludes halogenated alkanes) is 1. The lowest BCUT2D eigenvalue weighted by Gasteiger charge is -2.11. The Morgan fingerprint density at radius 2 is 2.04 bits per heavy atom. The molecule has 154 valence electrons. The number of hydrogen-bond acceptors (Lipinski definition) is 4. The zero-order valence-electron chi connectivity index (χ0n) is 16.7. The number of ether oxygens (including phenoxy) is 1. The van der Waals surface area contributed by atoms with Gasteiger partial charge in [-0.1, -0.05) is 18.2 Å². The van der Waals surface area contributed by atoms with Gasteiger partial charge in [-0.25, -0.2) is 4.99 Å². The number of aliphatic imine (C=N–C) groups is 1. The van der Waals surface area contributed by atoms with Gasteiger partial charge < -0.3 is 15.4 Å². The van der Waals surface area contributed by atoms with Gasteiger partial charge in [0, 0.05) is 19.3 Å². The van der Waals surface area contributed by atoms with Crippen LogP contribution in [0.25, 0.3) is 0 Å². The van der Waals surface area contributed by atoms with Crippen molar-refractivity contribution in [2.45, 2.75) is 32.9 Å². The summed E-state index contributed by atoms with van der Waals surface area (Å²) in [6.45, 7) is 4.95. The number of nitrogens with one attached hydrogen (secondary N) is 2. The number of benzene rings is 1. The highest BCUT2D eigenvalue weighted by Gasteiger charge is 2.01. The molecule has 5 nitrogen and oxygen atoms in total. The molecule has 0 aliphatic heterocycles. The molecular weight excluding hydrogens is 483 g/mol. The van der Waals surface area contributed by atoms with E-state index in [4.69, 9.17) is 4.74 Å². The van der Waals surface area contributed by atoms with Crippen LogP contribution in [0.5, 0.6) is 5.75 Å². The SMILES string of the molecule is CCNC(=NCc1cccc(OCc2ccccn2)c1)NCCCCSC.I. The summed E-state index contributed by atoms with van der Waals surface area (Å²) in [6.07, 6.45) is 6.30. The normalized spacial score (nSPS) is 10.9. The third-order valence-electron chi connectivity index (χ3n) is 3.84. The monoisotopic (exact) mass is 514 g/mol. The Bertz CT molecular complexity index is 685. The third kappa shape index (κ3) is 10.2. The van der Waals surface area contributed by atoms with E-state index in [1.807, 2.05) is 48.2 Å². The standard InChI is InChI=1S/C21H30N4OS.HI/c1-3-22-21(24-13-6-7-14-27-2)25-16-18-9-8-11-20(15-18)26-17-19-10-4-5-12-23-19;/h4-5,8-12,15H,3,6-7,13-14,16-17H2,1-2H3,(H2,22,24,25);1H. The molecule has 0 aliphatic rings. The van der Waals surface area contributed by atoms with Crippen molar-refractivity contribution < 1.29 is 4.74 Å². The maximum atomic E-state index is 5.85. The number of aromatic nitrogens is 1. The first-order chi connectivity index (χ1) is 13.3. The minimum absolute atomic E-state index is 0.